The molecule has 0 saturated heterocycles. The van der Waals surface area contributed by atoms with E-state index in [9.17, 15) is 0 Å². The van der Waals surface area contributed by atoms with Crippen LogP contribution in [0.2, 0.25) is 0 Å². The monoisotopic (exact) mass is 802 g/mol. The van der Waals surface area contributed by atoms with E-state index in [0.717, 1.165) is 101 Å². The summed E-state index contributed by atoms with van der Waals surface area (Å²) in [6, 6.07) is 56.8. The van der Waals surface area contributed by atoms with E-state index in [1.807, 2.05) is 66.7 Å². The van der Waals surface area contributed by atoms with Gasteiger partial charge in [0.2, 0.25) is 5.89 Å². The molecule has 0 unspecified atom stereocenters. The maximum Gasteiger partial charge on any atom is 0.227 e. The lowest BCUT2D eigenvalue weighted by Crippen LogP contribution is -2.03. The van der Waals surface area contributed by atoms with Gasteiger partial charge in [0, 0.05) is 38.7 Å². The van der Waals surface area contributed by atoms with Crippen molar-refractivity contribution in [1.29, 1.82) is 0 Å². The molecule has 8 heteroatoms. The zero-order valence-corrected chi connectivity index (χ0v) is 33.6. The molecule has 0 atom stereocenters. The quantitative estimate of drug-likeness (QED) is 0.160. The summed E-state index contributed by atoms with van der Waals surface area (Å²) in [6.45, 7) is 0. The first kappa shape index (κ1) is 35.2. The van der Waals surface area contributed by atoms with Gasteiger partial charge in [-0.15, -0.1) is 11.3 Å². The molecule has 1 aliphatic carbocycles. The van der Waals surface area contributed by atoms with Crippen LogP contribution in [0.15, 0.2) is 186 Å². The lowest BCUT2D eigenvalue weighted by molar-refractivity contribution is 0.620. The molecule has 0 N–H and O–H groups in total. The van der Waals surface area contributed by atoms with Gasteiger partial charge in [0.05, 0.1) is 21.3 Å². The second kappa shape index (κ2) is 14.5. The number of aromatic nitrogens is 6. The van der Waals surface area contributed by atoms with Gasteiger partial charge in [-0.3, -0.25) is 0 Å². The maximum atomic E-state index is 6.15. The molecule has 61 heavy (non-hydrogen) atoms. The molecule has 4 heterocycles. The third-order valence-corrected chi connectivity index (χ3v) is 12.4. The number of hydrogen-bond acceptors (Lipinski definition) is 7. The number of para-hydroxylation sites is 1. The molecule has 12 rings (SSSR count). The second-order valence-corrected chi connectivity index (χ2v) is 16.3. The van der Waals surface area contributed by atoms with Crippen LogP contribution in [0.5, 0.6) is 0 Å². The normalized spacial score (nSPS) is 12.8. The number of thiazole rings is 1. The number of nitrogens with zero attached hydrogens (tertiary/aromatic N) is 6. The highest BCUT2D eigenvalue weighted by Gasteiger charge is 2.18. The van der Waals surface area contributed by atoms with Crippen LogP contribution in [0, 0.1) is 0 Å². The van der Waals surface area contributed by atoms with Crippen LogP contribution < -0.4 is 0 Å². The first-order valence-corrected chi connectivity index (χ1v) is 21.2. The van der Waals surface area contributed by atoms with Crippen molar-refractivity contribution in [2.75, 3.05) is 0 Å². The van der Waals surface area contributed by atoms with Gasteiger partial charge < -0.3 is 8.98 Å². The molecule has 0 bridgehead atoms. The van der Waals surface area contributed by atoms with Gasteiger partial charge in [-0.25, -0.2) is 24.9 Å². The molecular formula is C53H34N6OS. The van der Waals surface area contributed by atoms with Crippen molar-refractivity contribution >= 4 is 60.0 Å². The number of oxazole rings is 1. The summed E-state index contributed by atoms with van der Waals surface area (Å²) >= 11 is 1.68. The average molecular weight is 803 g/mol. The molecule has 0 fully saturated rings. The minimum absolute atomic E-state index is 0.620. The summed E-state index contributed by atoms with van der Waals surface area (Å²) in [7, 11) is 0. The summed E-state index contributed by atoms with van der Waals surface area (Å²) < 4.78 is 9.55. The predicted octanol–water partition coefficient (Wildman–Crippen LogP) is 13.8. The van der Waals surface area contributed by atoms with Crippen molar-refractivity contribution in [3.63, 3.8) is 0 Å². The van der Waals surface area contributed by atoms with Gasteiger partial charge in [0.25, 0.3) is 0 Å². The summed E-state index contributed by atoms with van der Waals surface area (Å²) in [6.07, 6.45) is 8.26. The SMILES string of the molecule is C1=CCCC(c2nc(-c3ccccc3)nc(-c3ccc4nc(-c5cccc(-c6ccc7c(c6)c6ccccc6n7-c6ccc7oc(-c8ccccc8)nc7c6)c5)sc4c3)n2)=C1. The van der Waals surface area contributed by atoms with Crippen LogP contribution in [-0.2, 0) is 0 Å². The molecule has 7 aromatic carbocycles. The Morgan fingerprint density at radius 1 is 0.492 bits per heavy atom. The largest absolute Gasteiger partial charge is 0.436 e. The van der Waals surface area contributed by atoms with E-state index in [4.69, 9.17) is 29.3 Å². The fourth-order valence-corrected chi connectivity index (χ4v) is 9.36. The third kappa shape index (κ3) is 6.32. The molecule has 0 aliphatic heterocycles. The zero-order chi connectivity index (χ0) is 40.3. The fraction of sp³-hybridized carbons (Fsp3) is 0.0377. The number of benzene rings is 7. The molecule has 0 radical (unpaired) electrons. The molecule has 0 saturated carbocycles. The number of allylic oxidation sites excluding steroid dienone is 4. The van der Waals surface area contributed by atoms with Gasteiger partial charge in [-0.2, -0.15) is 0 Å². The van der Waals surface area contributed by atoms with Gasteiger partial charge in [-0.1, -0.05) is 109 Å². The van der Waals surface area contributed by atoms with Crippen molar-refractivity contribution in [2.24, 2.45) is 0 Å². The van der Waals surface area contributed by atoms with Crippen LogP contribution in [-0.4, -0.2) is 29.5 Å². The summed E-state index contributed by atoms with van der Waals surface area (Å²) in [5, 5.41) is 3.34. The van der Waals surface area contributed by atoms with Crippen LogP contribution in [0.25, 0.3) is 110 Å². The van der Waals surface area contributed by atoms with Crippen molar-refractivity contribution in [3.8, 4) is 61.6 Å². The van der Waals surface area contributed by atoms with Gasteiger partial charge >= 0.3 is 0 Å². The predicted molar refractivity (Wildman–Crippen MR) is 248 cm³/mol. The number of fused-ring (bicyclic) bond motifs is 5. The summed E-state index contributed by atoms with van der Waals surface area (Å²) in [4.78, 5) is 24.9. The zero-order valence-electron chi connectivity index (χ0n) is 32.7. The van der Waals surface area contributed by atoms with E-state index in [-0.39, 0.29) is 0 Å². The van der Waals surface area contributed by atoms with Crippen molar-refractivity contribution in [3.05, 3.63) is 188 Å². The Morgan fingerprint density at radius 2 is 1.21 bits per heavy atom. The Morgan fingerprint density at radius 3 is 2.07 bits per heavy atom. The minimum Gasteiger partial charge on any atom is -0.436 e. The first-order valence-electron chi connectivity index (χ1n) is 20.4. The molecule has 11 aromatic rings. The van der Waals surface area contributed by atoms with Crippen LogP contribution >= 0.6 is 11.3 Å². The average Bonchev–Trinajstić information content (AvgIpc) is 4.06. The molecule has 0 spiro atoms. The van der Waals surface area contributed by atoms with Crippen molar-refractivity contribution < 1.29 is 4.42 Å². The minimum atomic E-state index is 0.620. The van der Waals surface area contributed by atoms with Gasteiger partial charge in [0.1, 0.15) is 10.5 Å². The lowest BCUT2D eigenvalue weighted by atomic mass is 10.0. The van der Waals surface area contributed by atoms with E-state index >= 15 is 0 Å². The standard InChI is InChI=1S/C53H34N6OS/c1-4-13-33(14-5-1)49-56-50(34-15-6-2-7-16-34)58-51(57-49)38-23-26-43-48(31-38)61-53(55-43)39-20-12-19-36(29-39)37-24-27-46-42(30-37)41-21-10-11-22-45(41)59(46)40-25-28-47-44(32-40)54-52(60-47)35-17-8-3-9-18-35/h1-6,8-15,17-32H,7,16H2. The maximum absolute atomic E-state index is 6.15. The highest BCUT2D eigenvalue weighted by atomic mass is 32.1. The molecular weight excluding hydrogens is 769 g/mol. The summed E-state index contributed by atoms with van der Waals surface area (Å²) in [5.41, 5.74) is 13.2. The summed E-state index contributed by atoms with van der Waals surface area (Å²) in [5.74, 6) is 2.68. The molecule has 0 amide bonds. The second-order valence-electron chi connectivity index (χ2n) is 15.2. The fourth-order valence-electron chi connectivity index (χ4n) is 8.36. The molecule has 1 aliphatic rings. The van der Waals surface area contributed by atoms with E-state index in [2.05, 4.69) is 120 Å². The van der Waals surface area contributed by atoms with Crippen LogP contribution in [0.1, 0.15) is 18.7 Å². The lowest BCUT2D eigenvalue weighted by Gasteiger charge is -2.11. The Balaban J connectivity index is 0.894. The molecule has 288 valence electrons. The van der Waals surface area contributed by atoms with E-state index in [1.165, 1.54) is 10.8 Å². The Bertz CT molecular complexity index is 3540. The third-order valence-electron chi connectivity index (χ3n) is 11.4. The number of rotatable bonds is 7. The van der Waals surface area contributed by atoms with Gasteiger partial charge in [0.15, 0.2) is 23.1 Å². The van der Waals surface area contributed by atoms with Gasteiger partial charge in [-0.05, 0) is 102 Å². The van der Waals surface area contributed by atoms with Crippen molar-refractivity contribution in [2.45, 2.75) is 12.8 Å². The highest BCUT2D eigenvalue weighted by Crippen LogP contribution is 2.39. The van der Waals surface area contributed by atoms with E-state index in [1.54, 1.807) is 11.3 Å². The Hall–Kier alpha value is -7.81. The van der Waals surface area contributed by atoms with Crippen LogP contribution in [0.3, 0.4) is 0 Å². The Labute approximate surface area is 354 Å². The Kier molecular flexibility index (Phi) is 8.35. The molecule has 7 nitrogen and oxygen atoms in total. The smallest absolute Gasteiger partial charge is 0.227 e. The topological polar surface area (TPSA) is 82.5 Å². The van der Waals surface area contributed by atoms with E-state index in [0.29, 0.717) is 17.5 Å². The first-order chi connectivity index (χ1) is 30.2. The van der Waals surface area contributed by atoms with Crippen LogP contribution in [0.4, 0.5) is 0 Å². The molecule has 4 aromatic heterocycles. The van der Waals surface area contributed by atoms with Crippen molar-refractivity contribution in [1.82, 2.24) is 29.5 Å². The highest BCUT2D eigenvalue weighted by molar-refractivity contribution is 7.21. The van der Waals surface area contributed by atoms with E-state index < -0.39 is 0 Å². The number of hydrogen-bond donors (Lipinski definition) is 0.